The lowest BCUT2D eigenvalue weighted by Gasteiger charge is -2.13. The quantitative estimate of drug-likeness (QED) is 0.529. The number of esters is 1. The largest absolute Gasteiger partial charge is 0.573 e. The van der Waals surface area contributed by atoms with E-state index in [0.29, 0.717) is 0 Å². The van der Waals surface area contributed by atoms with E-state index in [0.717, 1.165) is 17.0 Å². The maximum atomic E-state index is 12.2. The van der Waals surface area contributed by atoms with Gasteiger partial charge in [-0.15, -0.1) is 13.2 Å². The normalized spacial score (nSPS) is 13.1. The molecule has 0 radical (unpaired) electrons. The number of nitrogens with one attached hydrogen (secondary N) is 1. The van der Waals surface area contributed by atoms with E-state index < -0.39 is 42.4 Å². The van der Waals surface area contributed by atoms with Crippen LogP contribution in [0.4, 0.5) is 18.9 Å². The zero-order valence-electron chi connectivity index (χ0n) is 15.8. The fourth-order valence-electron chi connectivity index (χ4n) is 2.80. The first-order valence-corrected chi connectivity index (χ1v) is 8.90. The number of anilines is 1. The van der Waals surface area contributed by atoms with Crippen LogP contribution in [0.15, 0.2) is 48.5 Å². The van der Waals surface area contributed by atoms with Crippen molar-refractivity contribution in [1.82, 2.24) is 4.90 Å². The molecule has 0 saturated heterocycles. The van der Waals surface area contributed by atoms with Gasteiger partial charge in [0, 0.05) is 12.2 Å². The van der Waals surface area contributed by atoms with E-state index in [1.54, 1.807) is 12.1 Å². The molecule has 0 unspecified atom stereocenters. The SMILES string of the molecule is O=C(COC(=O)CCN1C(=O)c2ccccc2C1=O)Nc1ccc(OC(F)(F)F)cc1. The van der Waals surface area contributed by atoms with E-state index in [1.165, 1.54) is 24.3 Å². The second-order valence-electron chi connectivity index (χ2n) is 6.34. The molecule has 0 atom stereocenters. The molecular formula is C20H15F3N2O6. The molecular weight excluding hydrogens is 421 g/mol. The molecule has 31 heavy (non-hydrogen) atoms. The number of benzene rings is 2. The van der Waals surface area contributed by atoms with E-state index in [2.05, 4.69) is 10.1 Å². The fourth-order valence-corrected chi connectivity index (χ4v) is 2.80. The van der Waals surface area contributed by atoms with Gasteiger partial charge in [-0.2, -0.15) is 0 Å². The van der Waals surface area contributed by atoms with Gasteiger partial charge in [-0.05, 0) is 36.4 Å². The molecule has 2 aromatic carbocycles. The molecule has 1 aliphatic heterocycles. The molecule has 1 N–H and O–H groups in total. The first-order valence-electron chi connectivity index (χ1n) is 8.90. The maximum absolute atomic E-state index is 12.2. The van der Waals surface area contributed by atoms with Gasteiger partial charge in [0.05, 0.1) is 17.5 Å². The molecule has 0 aromatic heterocycles. The summed E-state index contributed by atoms with van der Waals surface area (Å²) in [4.78, 5) is 49.0. The summed E-state index contributed by atoms with van der Waals surface area (Å²) < 4.78 is 44.9. The second-order valence-corrected chi connectivity index (χ2v) is 6.34. The summed E-state index contributed by atoms with van der Waals surface area (Å²) in [6.07, 6.45) is -5.13. The summed E-state index contributed by atoms with van der Waals surface area (Å²) in [6, 6.07) is 10.7. The number of halogens is 3. The van der Waals surface area contributed by atoms with Gasteiger partial charge in [-0.3, -0.25) is 24.1 Å². The van der Waals surface area contributed by atoms with E-state index in [9.17, 15) is 32.3 Å². The van der Waals surface area contributed by atoms with Crippen LogP contribution >= 0.6 is 0 Å². The number of hydrogen-bond donors (Lipinski definition) is 1. The Hall–Kier alpha value is -3.89. The Kier molecular flexibility index (Phi) is 6.23. The highest BCUT2D eigenvalue weighted by molar-refractivity contribution is 6.21. The molecule has 0 bridgehead atoms. The maximum Gasteiger partial charge on any atom is 0.573 e. The van der Waals surface area contributed by atoms with Crippen molar-refractivity contribution < 1.29 is 41.8 Å². The van der Waals surface area contributed by atoms with Crippen LogP contribution in [0.25, 0.3) is 0 Å². The lowest BCUT2D eigenvalue weighted by Crippen LogP contribution is -2.32. The summed E-state index contributed by atoms with van der Waals surface area (Å²) in [7, 11) is 0. The zero-order valence-corrected chi connectivity index (χ0v) is 15.8. The lowest BCUT2D eigenvalue weighted by atomic mass is 10.1. The fraction of sp³-hybridized carbons (Fsp3) is 0.200. The van der Waals surface area contributed by atoms with E-state index in [-0.39, 0.29) is 29.8 Å². The average molecular weight is 436 g/mol. The summed E-state index contributed by atoms with van der Waals surface area (Å²) in [5.41, 5.74) is 0.681. The predicted molar refractivity (Wildman–Crippen MR) is 99.1 cm³/mol. The molecule has 162 valence electrons. The number of rotatable bonds is 7. The number of carbonyl (C=O) groups is 4. The molecule has 1 heterocycles. The average Bonchev–Trinajstić information content (AvgIpc) is 2.96. The molecule has 0 fully saturated rings. The van der Waals surface area contributed by atoms with Gasteiger partial charge in [0.15, 0.2) is 6.61 Å². The second kappa shape index (κ2) is 8.86. The monoisotopic (exact) mass is 436 g/mol. The minimum absolute atomic E-state index is 0.168. The highest BCUT2D eigenvalue weighted by Crippen LogP contribution is 2.24. The third kappa shape index (κ3) is 5.59. The van der Waals surface area contributed by atoms with Gasteiger partial charge in [0.1, 0.15) is 5.75 Å². The number of nitrogens with zero attached hydrogens (tertiary/aromatic N) is 1. The highest BCUT2D eigenvalue weighted by atomic mass is 19.4. The van der Waals surface area contributed by atoms with Crippen LogP contribution in [0, 0.1) is 0 Å². The van der Waals surface area contributed by atoms with Crippen molar-refractivity contribution in [3.05, 3.63) is 59.7 Å². The minimum Gasteiger partial charge on any atom is -0.456 e. The van der Waals surface area contributed by atoms with Gasteiger partial charge in [-0.25, -0.2) is 0 Å². The number of hydrogen-bond acceptors (Lipinski definition) is 6. The van der Waals surface area contributed by atoms with E-state index in [4.69, 9.17) is 4.74 Å². The van der Waals surface area contributed by atoms with E-state index >= 15 is 0 Å². The lowest BCUT2D eigenvalue weighted by molar-refractivity contribution is -0.274. The standard InChI is InChI=1S/C20H15F3N2O6/c21-20(22,23)31-13-7-5-12(6-8-13)24-16(26)11-30-17(27)9-10-25-18(28)14-3-1-2-4-15(14)19(25)29/h1-8H,9-11H2,(H,24,26). The van der Waals surface area contributed by atoms with Gasteiger partial charge < -0.3 is 14.8 Å². The van der Waals surface area contributed by atoms with Crippen molar-refractivity contribution >= 4 is 29.4 Å². The summed E-state index contributed by atoms with van der Waals surface area (Å²) in [5.74, 6) is -3.00. The molecule has 0 spiro atoms. The van der Waals surface area contributed by atoms with Crippen LogP contribution in [0.5, 0.6) is 5.75 Å². The molecule has 3 rings (SSSR count). The molecule has 0 aliphatic carbocycles. The zero-order chi connectivity index (χ0) is 22.6. The molecule has 2 aromatic rings. The number of ether oxygens (including phenoxy) is 2. The first-order chi connectivity index (χ1) is 14.6. The van der Waals surface area contributed by atoms with E-state index in [1.807, 2.05) is 0 Å². The van der Waals surface area contributed by atoms with Crippen molar-refractivity contribution in [3.63, 3.8) is 0 Å². The Morgan fingerprint density at radius 3 is 2.06 bits per heavy atom. The number of carbonyl (C=O) groups excluding carboxylic acids is 4. The molecule has 3 amide bonds. The van der Waals surface area contributed by atoms with Gasteiger partial charge in [0.2, 0.25) is 0 Å². The van der Waals surface area contributed by atoms with Crippen LogP contribution in [0.3, 0.4) is 0 Å². The smallest absolute Gasteiger partial charge is 0.456 e. The Morgan fingerprint density at radius 2 is 1.52 bits per heavy atom. The van der Waals surface area contributed by atoms with Crippen LogP contribution in [0.2, 0.25) is 0 Å². The Bertz CT molecular complexity index is 985. The van der Waals surface area contributed by atoms with Crippen LogP contribution < -0.4 is 10.1 Å². The van der Waals surface area contributed by atoms with Gasteiger partial charge in [0.25, 0.3) is 17.7 Å². The van der Waals surface area contributed by atoms with Crippen LogP contribution in [-0.4, -0.2) is 48.1 Å². The van der Waals surface area contributed by atoms with Crippen molar-refractivity contribution in [2.24, 2.45) is 0 Å². The number of amides is 3. The summed E-state index contributed by atoms with van der Waals surface area (Å²) >= 11 is 0. The minimum atomic E-state index is -4.83. The number of fused-ring (bicyclic) bond motifs is 1. The number of imide groups is 1. The van der Waals surface area contributed by atoms with Crippen LogP contribution in [0.1, 0.15) is 27.1 Å². The summed E-state index contributed by atoms with van der Waals surface area (Å²) in [6.45, 7) is -0.852. The number of alkyl halides is 3. The Labute approximate surface area is 173 Å². The van der Waals surface area contributed by atoms with Crippen molar-refractivity contribution in [2.45, 2.75) is 12.8 Å². The Balaban J connectivity index is 1.42. The van der Waals surface area contributed by atoms with Gasteiger partial charge >= 0.3 is 12.3 Å². The van der Waals surface area contributed by atoms with Crippen molar-refractivity contribution in [1.29, 1.82) is 0 Å². The Morgan fingerprint density at radius 1 is 0.935 bits per heavy atom. The molecule has 8 nitrogen and oxygen atoms in total. The summed E-state index contributed by atoms with van der Waals surface area (Å²) in [5, 5.41) is 2.34. The highest BCUT2D eigenvalue weighted by Gasteiger charge is 2.35. The van der Waals surface area contributed by atoms with Crippen LogP contribution in [-0.2, 0) is 14.3 Å². The predicted octanol–water partition coefficient (Wildman–Crippen LogP) is 2.75. The first kappa shape index (κ1) is 21.8. The molecule has 0 saturated carbocycles. The molecule has 1 aliphatic rings. The third-order valence-electron chi connectivity index (χ3n) is 4.15. The third-order valence-corrected chi connectivity index (χ3v) is 4.15. The van der Waals surface area contributed by atoms with Crippen molar-refractivity contribution in [2.75, 3.05) is 18.5 Å². The molecule has 11 heteroatoms. The topological polar surface area (TPSA) is 102 Å². The van der Waals surface area contributed by atoms with Gasteiger partial charge in [-0.1, -0.05) is 12.1 Å². The van der Waals surface area contributed by atoms with Crippen molar-refractivity contribution in [3.8, 4) is 5.75 Å².